The summed E-state index contributed by atoms with van der Waals surface area (Å²) in [6.07, 6.45) is 3.74. The van der Waals surface area contributed by atoms with Crippen LogP contribution in [0.25, 0.3) is 6.08 Å². The van der Waals surface area contributed by atoms with Gasteiger partial charge in [0, 0.05) is 18.2 Å². The van der Waals surface area contributed by atoms with Crippen molar-refractivity contribution >= 4 is 23.5 Å². The summed E-state index contributed by atoms with van der Waals surface area (Å²) in [7, 11) is 0. The largest absolute Gasteiger partial charge is 0.458 e. The number of aryl methyl sites for hydroxylation is 1. The van der Waals surface area contributed by atoms with Crippen molar-refractivity contribution in [3.63, 3.8) is 0 Å². The zero-order chi connectivity index (χ0) is 21.6. The molecule has 0 spiro atoms. The van der Waals surface area contributed by atoms with Crippen molar-refractivity contribution in [1.82, 2.24) is 0 Å². The van der Waals surface area contributed by atoms with Crippen molar-refractivity contribution < 1.29 is 29.6 Å². The summed E-state index contributed by atoms with van der Waals surface area (Å²) in [6, 6.07) is 3.48. The minimum Gasteiger partial charge on any atom is -0.458 e. The fraction of sp³-hybridized carbons (Fsp3) is 0.455. The van der Waals surface area contributed by atoms with Crippen molar-refractivity contribution in [3.05, 3.63) is 47.1 Å². The number of esters is 1. The average molecular weight is 403 g/mol. The van der Waals surface area contributed by atoms with Crippen LogP contribution < -0.4 is 5.73 Å². The lowest BCUT2D eigenvalue weighted by Gasteiger charge is -2.20. The topological polar surface area (TPSA) is 130 Å². The maximum atomic E-state index is 12.8. The summed E-state index contributed by atoms with van der Waals surface area (Å²) in [5.74, 6) is -1.48. The van der Waals surface area contributed by atoms with E-state index in [0.29, 0.717) is 18.4 Å². The second kappa shape index (κ2) is 10.3. The Balaban J connectivity index is 2.47. The van der Waals surface area contributed by atoms with Gasteiger partial charge in [-0.2, -0.15) is 0 Å². The lowest BCUT2D eigenvalue weighted by Crippen LogP contribution is -2.32. The van der Waals surface area contributed by atoms with E-state index in [1.807, 2.05) is 0 Å². The number of cyclic esters (lactones) is 1. The molecule has 3 unspecified atom stereocenters. The van der Waals surface area contributed by atoms with Crippen LogP contribution in [0.5, 0.6) is 0 Å². The van der Waals surface area contributed by atoms with Crippen LogP contribution >= 0.6 is 0 Å². The van der Waals surface area contributed by atoms with Gasteiger partial charge in [0.25, 0.3) is 0 Å². The highest BCUT2D eigenvalue weighted by molar-refractivity contribution is 5.99. The van der Waals surface area contributed by atoms with Crippen LogP contribution in [0, 0.1) is 5.92 Å². The van der Waals surface area contributed by atoms with Gasteiger partial charge in [0.05, 0.1) is 11.7 Å². The molecule has 1 aliphatic rings. The first kappa shape index (κ1) is 22.8. The molecule has 1 aromatic rings. The van der Waals surface area contributed by atoms with E-state index in [1.54, 1.807) is 44.2 Å². The Bertz CT molecular complexity index is 801. The summed E-state index contributed by atoms with van der Waals surface area (Å²) in [6.45, 7) is 3.52. The zero-order valence-electron chi connectivity index (χ0n) is 16.7. The van der Waals surface area contributed by atoms with Gasteiger partial charge in [-0.3, -0.25) is 4.79 Å². The van der Waals surface area contributed by atoms with Crippen molar-refractivity contribution in [3.8, 4) is 0 Å². The molecule has 29 heavy (non-hydrogen) atoms. The Morgan fingerprint density at radius 1 is 1.17 bits per heavy atom. The number of hydrogen-bond donors (Lipinski definition) is 4. The Kier molecular flexibility index (Phi) is 8.13. The molecule has 0 bridgehead atoms. The standard InChI is InChI=1S/C22H29NO6/c1-13-8-9-19(26)21(27)18(25)7-3-6-16-11-15(5-4-10-24)12-17(23)20(16)22(28)29-14(13)2/h3,6,8-9,11-14,18,21,24-25,27H,4-5,7,10,23H2,1-2H3/b6-3+,9-8-/t13-,14?,18?,21?/m1/s1. The minimum atomic E-state index is -1.54. The number of hydrogen-bond acceptors (Lipinski definition) is 7. The molecule has 0 amide bonds. The molecule has 1 heterocycles. The van der Waals surface area contributed by atoms with Gasteiger partial charge in [-0.1, -0.05) is 31.2 Å². The quantitative estimate of drug-likeness (QED) is 0.446. The Hall–Kier alpha value is -2.48. The van der Waals surface area contributed by atoms with E-state index in [-0.39, 0.29) is 30.2 Å². The van der Waals surface area contributed by atoms with Crippen LogP contribution in [0.3, 0.4) is 0 Å². The van der Waals surface area contributed by atoms with Gasteiger partial charge in [0.15, 0.2) is 5.78 Å². The molecule has 0 fully saturated rings. The number of fused-ring (bicyclic) bond motifs is 1. The van der Waals surface area contributed by atoms with Gasteiger partial charge in [-0.25, -0.2) is 4.79 Å². The van der Waals surface area contributed by atoms with Gasteiger partial charge < -0.3 is 25.8 Å². The maximum Gasteiger partial charge on any atom is 0.341 e. The lowest BCUT2D eigenvalue weighted by atomic mass is 9.97. The molecule has 5 N–H and O–H groups in total. The number of aliphatic hydroxyl groups is 3. The highest BCUT2D eigenvalue weighted by atomic mass is 16.5. The number of nitrogens with two attached hydrogens (primary N) is 1. The number of ether oxygens (including phenoxy) is 1. The molecule has 0 aliphatic carbocycles. The first-order valence-electron chi connectivity index (χ1n) is 9.73. The van der Waals surface area contributed by atoms with Gasteiger partial charge in [-0.15, -0.1) is 0 Å². The third kappa shape index (κ3) is 6.00. The fourth-order valence-corrected chi connectivity index (χ4v) is 3.04. The number of ketones is 1. The molecule has 158 valence electrons. The normalized spacial score (nSPS) is 28.2. The van der Waals surface area contributed by atoms with E-state index in [1.165, 1.54) is 6.08 Å². The fourth-order valence-electron chi connectivity index (χ4n) is 3.04. The van der Waals surface area contributed by atoms with Crippen molar-refractivity contribution in [2.45, 2.75) is 51.4 Å². The highest BCUT2D eigenvalue weighted by Crippen LogP contribution is 2.25. The van der Waals surface area contributed by atoms with E-state index in [2.05, 4.69) is 0 Å². The molecule has 1 aliphatic heterocycles. The van der Waals surface area contributed by atoms with Crippen molar-refractivity contribution in [2.75, 3.05) is 12.3 Å². The number of benzene rings is 1. The lowest BCUT2D eigenvalue weighted by molar-refractivity contribution is -0.127. The van der Waals surface area contributed by atoms with Gasteiger partial charge >= 0.3 is 5.97 Å². The van der Waals surface area contributed by atoms with Crippen LogP contribution in [0.2, 0.25) is 0 Å². The molecular weight excluding hydrogens is 374 g/mol. The minimum absolute atomic E-state index is 0.0158. The summed E-state index contributed by atoms with van der Waals surface area (Å²) < 4.78 is 5.55. The summed E-state index contributed by atoms with van der Waals surface area (Å²) in [5.41, 5.74) is 8.01. The average Bonchev–Trinajstić information content (AvgIpc) is 2.68. The number of aliphatic hydroxyl groups excluding tert-OH is 3. The molecule has 0 aromatic heterocycles. The third-order valence-corrected chi connectivity index (χ3v) is 5.02. The van der Waals surface area contributed by atoms with E-state index in [4.69, 9.17) is 15.6 Å². The molecule has 7 nitrogen and oxygen atoms in total. The predicted molar refractivity (Wildman–Crippen MR) is 110 cm³/mol. The predicted octanol–water partition coefficient (Wildman–Crippen LogP) is 1.64. The second-order valence-electron chi connectivity index (χ2n) is 7.36. The number of carbonyl (C=O) groups is 2. The zero-order valence-corrected chi connectivity index (χ0v) is 16.7. The van der Waals surface area contributed by atoms with Crippen LogP contribution in [0.15, 0.2) is 30.4 Å². The van der Waals surface area contributed by atoms with Gasteiger partial charge in [0.1, 0.15) is 12.2 Å². The number of carbonyl (C=O) groups excluding carboxylic acids is 2. The molecular formula is C22H29NO6. The molecule has 0 saturated heterocycles. The molecule has 7 heteroatoms. The molecule has 2 rings (SSSR count). The van der Waals surface area contributed by atoms with Crippen molar-refractivity contribution in [1.29, 1.82) is 0 Å². The maximum absolute atomic E-state index is 12.8. The van der Waals surface area contributed by atoms with Crippen LogP contribution in [0.4, 0.5) is 5.69 Å². The summed E-state index contributed by atoms with van der Waals surface area (Å²) >= 11 is 0. The van der Waals surface area contributed by atoms with Crippen LogP contribution in [-0.2, 0) is 16.0 Å². The first-order chi connectivity index (χ1) is 13.7. The molecule has 0 radical (unpaired) electrons. The van der Waals surface area contributed by atoms with Crippen LogP contribution in [0.1, 0.15) is 48.2 Å². The van der Waals surface area contributed by atoms with Crippen LogP contribution in [-0.4, -0.2) is 52.0 Å². The number of anilines is 1. The Labute approximate surface area is 170 Å². The number of nitrogen functional groups attached to an aromatic ring is 1. The summed E-state index contributed by atoms with van der Waals surface area (Å²) in [5, 5.41) is 29.2. The van der Waals surface area contributed by atoms with Crippen molar-refractivity contribution in [2.24, 2.45) is 5.92 Å². The summed E-state index contributed by atoms with van der Waals surface area (Å²) in [4.78, 5) is 24.8. The molecule has 0 saturated carbocycles. The first-order valence-corrected chi connectivity index (χ1v) is 9.73. The highest BCUT2D eigenvalue weighted by Gasteiger charge is 2.24. The Morgan fingerprint density at radius 3 is 2.59 bits per heavy atom. The second-order valence-corrected chi connectivity index (χ2v) is 7.36. The Morgan fingerprint density at radius 2 is 1.90 bits per heavy atom. The van der Waals surface area contributed by atoms with E-state index in [9.17, 15) is 19.8 Å². The smallest absolute Gasteiger partial charge is 0.341 e. The van der Waals surface area contributed by atoms with Gasteiger partial charge in [-0.05, 0) is 49.5 Å². The number of rotatable bonds is 3. The third-order valence-electron chi connectivity index (χ3n) is 5.02. The molecule has 1 aromatic carbocycles. The SMILES string of the molecule is CC1OC(=O)c2c(N)cc(CCCO)cc2/C=C/CC(O)C(O)C(=O)/C=C\[C@H]1C. The monoisotopic (exact) mass is 403 g/mol. The van der Waals surface area contributed by atoms with E-state index >= 15 is 0 Å². The van der Waals surface area contributed by atoms with E-state index < -0.39 is 30.1 Å². The molecule has 4 atom stereocenters. The van der Waals surface area contributed by atoms with Gasteiger partial charge in [0.2, 0.25) is 0 Å². The van der Waals surface area contributed by atoms with E-state index in [0.717, 1.165) is 5.56 Å².